The van der Waals surface area contributed by atoms with Gasteiger partial charge in [0.25, 0.3) is 0 Å². The summed E-state index contributed by atoms with van der Waals surface area (Å²) in [4.78, 5) is 0. The van der Waals surface area contributed by atoms with Gasteiger partial charge in [0.1, 0.15) is 6.61 Å². The van der Waals surface area contributed by atoms with E-state index in [-0.39, 0.29) is 35.3 Å². The fourth-order valence-electron chi connectivity index (χ4n) is 1.26. The van der Waals surface area contributed by atoms with Gasteiger partial charge in [-0.1, -0.05) is 12.1 Å². The molecule has 3 N–H and O–H groups in total. The summed E-state index contributed by atoms with van der Waals surface area (Å²) in [7, 11) is -3.15. The summed E-state index contributed by atoms with van der Waals surface area (Å²) in [6.45, 7) is 1.40. The van der Waals surface area contributed by atoms with E-state index in [1.807, 2.05) is 0 Å². The molecule has 0 amide bonds. The van der Waals surface area contributed by atoms with Crippen LogP contribution in [0.3, 0.4) is 0 Å². The van der Waals surface area contributed by atoms with Gasteiger partial charge >= 0.3 is 0 Å². The number of oxime groups is 1. The van der Waals surface area contributed by atoms with Gasteiger partial charge in [-0.15, -0.1) is 0 Å². The maximum atomic E-state index is 13.6. The minimum atomic E-state index is -3.15. The van der Waals surface area contributed by atoms with Crippen LogP contribution in [0, 0.1) is 5.82 Å². The Kier molecular flexibility index (Phi) is 5.11. The van der Waals surface area contributed by atoms with Crippen molar-refractivity contribution < 1.29 is 22.8 Å². The highest BCUT2D eigenvalue weighted by Gasteiger charge is 2.10. The lowest BCUT2D eigenvalue weighted by Crippen LogP contribution is -2.16. The van der Waals surface area contributed by atoms with Crippen molar-refractivity contribution in [2.45, 2.75) is 6.92 Å². The molecule has 0 saturated carbocycles. The molecule has 0 bridgehead atoms. The number of nitrogens with two attached hydrogens (primary N) is 1. The standard InChI is InChI=1S/C11H15FN2O4S/c1-2-19(16,17)6-5-18-10-4-3-8(7-9(10)12)11(13)14-15/h3-4,7,15H,2,5-6H2,1H3,(H2,13,14). The molecule has 1 aromatic carbocycles. The zero-order valence-corrected chi connectivity index (χ0v) is 11.2. The average molecular weight is 290 g/mol. The van der Waals surface area contributed by atoms with Crippen LogP contribution in [0.2, 0.25) is 0 Å². The molecular weight excluding hydrogens is 275 g/mol. The zero-order chi connectivity index (χ0) is 14.5. The predicted octanol–water partition coefficient (Wildman–Crippen LogP) is 0.734. The monoisotopic (exact) mass is 290 g/mol. The molecule has 0 spiro atoms. The van der Waals surface area contributed by atoms with E-state index in [1.54, 1.807) is 0 Å². The molecular formula is C11H15FN2O4S. The fourth-order valence-corrected chi connectivity index (χ4v) is 1.88. The molecule has 6 nitrogen and oxygen atoms in total. The molecule has 0 atom stereocenters. The first-order chi connectivity index (χ1) is 8.89. The molecule has 1 aromatic rings. The van der Waals surface area contributed by atoms with E-state index in [2.05, 4.69) is 5.16 Å². The van der Waals surface area contributed by atoms with Gasteiger partial charge in [-0.2, -0.15) is 0 Å². The zero-order valence-electron chi connectivity index (χ0n) is 10.3. The molecule has 1 rings (SSSR count). The van der Waals surface area contributed by atoms with Crippen LogP contribution >= 0.6 is 0 Å². The van der Waals surface area contributed by atoms with Gasteiger partial charge in [0.15, 0.2) is 27.2 Å². The number of hydrogen-bond acceptors (Lipinski definition) is 5. The Morgan fingerprint density at radius 3 is 2.74 bits per heavy atom. The molecule has 8 heteroatoms. The molecule has 106 valence electrons. The molecule has 0 aliphatic heterocycles. The van der Waals surface area contributed by atoms with Gasteiger partial charge in [0.2, 0.25) is 0 Å². The van der Waals surface area contributed by atoms with Crippen LogP contribution in [0.15, 0.2) is 23.4 Å². The second-order valence-electron chi connectivity index (χ2n) is 3.72. The lowest BCUT2D eigenvalue weighted by atomic mass is 10.2. The van der Waals surface area contributed by atoms with Crippen LogP contribution in [-0.2, 0) is 9.84 Å². The van der Waals surface area contributed by atoms with E-state index in [4.69, 9.17) is 15.7 Å². The second-order valence-corrected chi connectivity index (χ2v) is 6.19. The summed E-state index contributed by atoms with van der Waals surface area (Å²) < 4.78 is 41.1. The predicted molar refractivity (Wildman–Crippen MR) is 68.7 cm³/mol. The fraction of sp³-hybridized carbons (Fsp3) is 0.364. The number of amidine groups is 1. The molecule has 0 saturated heterocycles. The van der Waals surface area contributed by atoms with E-state index in [0.29, 0.717) is 0 Å². The topological polar surface area (TPSA) is 102 Å². The maximum absolute atomic E-state index is 13.6. The Morgan fingerprint density at radius 1 is 1.53 bits per heavy atom. The van der Waals surface area contributed by atoms with Gasteiger partial charge in [-0.05, 0) is 18.2 Å². The van der Waals surface area contributed by atoms with Crippen molar-refractivity contribution in [3.8, 4) is 5.75 Å². The number of benzene rings is 1. The Balaban J connectivity index is 2.71. The molecule has 0 aliphatic rings. The Hall–Kier alpha value is -1.83. The first-order valence-electron chi connectivity index (χ1n) is 5.50. The van der Waals surface area contributed by atoms with Crippen molar-refractivity contribution in [3.05, 3.63) is 29.6 Å². The smallest absolute Gasteiger partial charge is 0.170 e. The van der Waals surface area contributed by atoms with E-state index < -0.39 is 15.7 Å². The van der Waals surface area contributed by atoms with Crippen molar-refractivity contribution in [2.75, 3.05) is 18.1 Å². The first-order valence-corrected chi connectivity index (χ1v) is 7.32. The lowest BCUT2D eigenvalue weighted by molar-refractivity contribution is 0.318. The minimum Gasteiger partial charge on any atom is -0.489 e. The minimum absolute atomic E-state index is 0.0152. The van der Waals surface area contributed by atoms with Crippen molar-refractivity contribution in [1.29, 1.82) is 0 Å². The maximum Gasteiger partial charge on any atom is 0.170 e. The van der Waals surface area contributed by atoms with Crippen LogP contribution in [0.4, 0.5) is 4.39 Å². The highest BCUT2D eigenvalue weighted by molar-refractivity contribution is 7.91. The van der Waals surface area contributed by atoms with Crippen LogP contribution < -0.4 is 10.5 Å². The SMILES string of the molecule is CCS(=O)(=O)CCOc1ccc(/C(N)=N/O)cc1F. The summed E-state index contributed by atoms with van der Waals surface area (Å²) in [6, 6.07) is 3.74. The third kappa shape index (κ3) is 4.40. The number of ether oxygens (including phenoxy) is 1. The second kappa shape index (κ2) is 6.37. The van der Waals surface area contributed by atoms with E-state index in [1.165, 1.54) is 19.1 Å². The average Bonchev–Trinajstić information content (AvgIpc) is 2.39. The van der Waals surface area contributed by atoms with E-state index >= 15 is 0 Å². The van der Waals surface area contributed by atoms with Crippen LogP contribution in [-0.4, -0.2) is 37.6 Å². The molecule has 0 aromatic heterocycles. The summed E-state index contributed by atoms with van der Waals surface area (Å²) in [5, 5.41) is 11.2. The molecule has 0 fully saturated rings. The lowest BCUT2D eigenvalue weighted by Gasteiger charge is -2.08. The van der Waals surface area contributed by atoms with E-state index in [9.17, 15) is 12.8 Å². The van der Waals surface area contributed by atoms with Gasteiger partial charge in [0, 0.05) is 11.3 Å². The van der Waals surface area contributed by atoms with Gasteiger partial charge in [0.05, 0.1) is 5.75 Å². The van der Waals surface area contributed by atoms with Crippen LogP contribution in [0.5, 0.6) is 5.75 Å². The number of sulfone groups is 1. The summed E-state index contributed by atoms with van der Waals surface area (Å²) in [5.41, 5.74) is 5.50. The third-order valence-electron chi connectivity index (χ3n) is 2.43. The Labute approximate surface area is 110 Å². The number of hydrogen-bond donors (Lipinski definition) is 2. The molecule has 0 aliphatic carbocycles. The van der Waals surface area contributed by atoms with Gasteiger partial charge in [-0.25, -0.2) is 12.8 Å². The van der Waals surface area contributed by atoms with Crippen molar-refractivity contribution in [3.63, 3.8) is 0 Å². The van der Waals surface area contributed by atoms with Crippen LogP contribution in [0.25, 0.3) is 0 Å². The van der Waals surface area contributed by atoms with Gasteiger partial charge < -0.3 is 15.7 Å². The summed E-state index contributed by atoms with van der Waals surface area (Å²) >= 11 is 0. The molecule has 0 radical (unpaired) electrons. The Bertz CT molecular complexity index is 572. The number of halogens is 1. The Morgan fingerprint density at radius 2 is 2.21 bits per heavy atom. The number of nitrogens with zero attached hydrogens (tertiary/aromatic N) is 1. The molecule has 0 heterocycles. The highest BCUT2D eigenvalue weighted by atomic mass is 32.2. The summed E-state index contributed by atoms with van der Waals surface area (Å²) in [5.74, 6) is -1.18. The highest BCUT2D eigenvalue weighted by Crippen LogP contribution is 2.18. The van der Waals surface area contributed by atoms with Gasteiger partial charge in [-0.3, -0.25) is 0 Å². The van der Waals surface area contributed by atoms with Crippen molar-refractivity contribution in [2.24, 2.45) is 10.9 Å². The van der Waals surface area contributed by atoms with Crippen LogP contribution in [0.1, 0.15) is 12.5 Å². The first kappa shape index (κ1) is 15.2. The molecule has 19 heavy (non-hydrogen) atoms. The summed E-state index contributed by atoms with van der Waals surface area (Å²) in [6.07, 6.45) is 0. The van der Waals surface area contributed by atoms with Crippen molar-refractivity contribution in [1.82, 2.24) is 0 Å². The van der Waals surface area contributed by atoms with Crippen molar-refractivity contribution >= 4 is 15.7 Å². The third-order valence-corrected chi connectivity index (χ3v) is 4.10. The quantitative estimate of drug-likeness (QED) is 0.348. The number of rotatable bonds is 6. The largest absolute Gasteiger partial charge is 0.489 e. The van der Waals surface area contributed by atoms with E-state index in [0.717, 1.165) is 6.07 Å². The molecule has 0 unspecified atom stereocenters. The normalized spacial score (nSPS) is 12.4.